The zero-order valence-corrected chi connectivity index (χ0v) is 9.78. The van der Waals surface area contributed by atoms with Gasteiger partial charge in [0.15, 0.2) is 0 Å². The van der Waals surface area contributed by atoms with Gasteiger partial charge in [-0.25, -0.2) is 0 Å². The second kappa shape index (κ2) is 3.86. The topological polar surface area (TPSA) is 28.7 Å². The third kappa shape index (κ3) is 1.61. The van der Waals surface area contributed by atoms with Gasteiger partial charge >= 0.3 is 0 Å². The number of aryl methyl sites for hydroxylation is 2. The van der Waals surface area contributed by atoms with E-state index in [-0.39, 0.29) is 0 Å². The van der Waals surface area contributed by atoms with Crippen LogP contribution in [-0.4, -0.2) is 4.57 Å². The first-order chi connectivity index (χ1) is 7.63. The van der Waals surface area contributed by atoms with Crippen LogP contribution in [-0.2, 0) is 0 Å². The molecule has 0 unspecified atom stereocenters. The maximum Gasteiger partial charge on any atom is 0.101 e. The summed E-state index contributed by atoms with van der Waals surface area (Å²) in [4.78, 5) is 0. The van der Waals surface area contributed by atoms with E-state index in [4.69, 9.17) is 5.26 Å². The van der Waals surface area contributed by atoms with Gasteiger partial charge in [0.25, 0.3) is 0 Å². The van der Waals surface area contributed by atoms with E-state index in [0.29, 0.717) is 0 Å². The van der Waals surface area contributed by atoms with Crippen LogP contribution in [0.25, 0.3) is 5.69 Å². The molecule has 1 aromatic carbocycles. The molecule has 0 spiro atoms. The number of nitrogens with zero attached hydrogens (tertiary/aromatic N) is 2. The van der Waals surface area contributed by atoms with Crippen LogP contribution >= 0.6 is 0 Å². The fraction of sp³-hybridized carbons (Fsp3) is 0.214. The van der Waals surface area contributed by atoms with Crippen molar-refractivity contribution < 1.29 is 0 Å². The molecule has 0 fully saturated rings. The van der Waals surface area contributed by atoms with Gasteiger partial charge in [0.1, 0.15) is 6.07 Å². The predicted molar refractivity (Wildman–Crippen MR) is 64.7 cm³/mol. The molecular formula is C14H14N2. The number of rotatable bonds is 1. The maximum absolute atomic E-state index is 8.99. The van der Waals surface area contributed by atoms with Crippen LogP contribution < -0.4 is 0 Å². The van der Waals surface area contributed by atoms with Gasteiger partial charge in [0.05, 0.1) is 5.56 Å². The van der Waals surface area contributed by atoms with Crippen LogP contribution in [0.5, 0.6) is 0 Å². The second-order valence-corrected chi connectivity index (χ2v) is 4.07. The van der Waals surface area contributed by atoms with Crippen LogP contribution in [0.2, 0.25) is 0 Å². The summed E-state index contributed by atoms with van der Waals surface area (Å²) >= 11 is 0. The van der Waals surface area contributed by atoms with Crippen LogP contribution in [0.4, 0.5) is 0 Å². The highest BCUT2D eigenvalue weighted by atomic mass is 15.0. The van der Waals surface area contributed by atoms with Crippen LogP contribution in [0, 0.1) is 32.1 Å². The smallest absolute Gasteiger partial charge is 0.101 e. The molecule has 0 aliphatic heterocycles. The summed E-state index contributed by atoms with van der Waals surface area (Å²) in [5, 5.41) is 8.99. The van der Waals surface area contributed by atoms with E-state index in [0.717, 1.165) is 22.6 Å². The van der Waals surface area contributed by atoms with Gasteiger partial charge in [0.2, 0.25) is 0 Å². The number of hydrogen-bond donors (Lipinski definition) is 0. The third-order valence-electron chi connectivity index (χ3n) is 2.81. The Labute approximate surface area is 95.8 Å². The van der Waals surface area contributed by atoms with E-state index in [1.807, 2.05) is 26.0 Å². The third-order valence-corrected chi connectivity index (χ3v) is 2.81. The molecule has 0 aliphatic rings. The van der Waals surface area contributed by atoms with Crippen molar-refractivity contribution in [2.45, 2.75) is 20.8 Å². The Morgan fingerprint density at radius 3 is 2.44 bits per heavy atom. The molecule has 0 saturated heterocycles. The average molecular weight is 210 g/mol. The standard InChI is InChI=1S/C14H14N2/c1-10-5-4-6-14(7-10)16-11(2)8-13(9-15)12(16)3/h4-8H,1-3H3. The van der Waals surface area contributed by atoms with Gasteiger partial charge in [-0.2, -0.15) is 5.26 Å². The molecule has 0 amide bonds. The van der Waals surface area contributed by atoms with Gasteiger partial charge in [-0.1, -0.05) is 12.1 Å². The van der Waals surface area contributed by atoms with Gasteiger partial charge in [-0.15, -0.1) is 0 Å². The number of nitriles is 1. The Morgan fingerprint density at radius 2 is 1.88 bits per heavy atom. The van der Waals surface area contributed by atoms with E-state index in [2.05, 4.69) is 35.8 Å². The lowest BCUT2D eigenvalue weighted by molar-refractivity contribution is 0.962. The van der Waals surface area contributed by atoms with Crippen molar-refractivity contribution in [1.29, 1.82) is 5.26 Å². The summed E-state index contributed by atoms with van der Waals surface area (Å²) in [7, 11) is 0. The van der Waals surface area contributed by atoms with Gasteiger partial charge in [-0.3, -0.25) is 0 Å². The lowest BCUT2D eigenvalue weighted by Gasteiger charge is -2.09. The highest BCUT2D eigenvalue weighted by molar-refractivity contribution is 5.46. The van der Waals surface area contributed by atoms with Crippen molar-refractivity contribution in [2.75, 3.05) is 0 Å². The summed E-state index contributed by atoms with van der Waals surface area (Å²) in [5.41, 5.74) is 5.20. The van der Waals surface area contributed by atoms with Crippen molar-refractivity contribution in [3.8, 4) is 11.8 Å². The Bertz CT molecular complexity index is 571. The summed E-state index contributed by atoms with van der Waals surface area (Å²) in [6.45, 7) is 6.08. The van der Waals surface area contributed by atoms with Gasteiger partial charge < -0.3 is 4.57 Å². The van der Waals surface area contributed by atoms with Crippen LogP contribution in [0.1, 0.15) is 22.5 Å². The molecule has 1 aromatic heterocycles. The summed E-state index contributed by atoms with van der Waals surface area (Å²) in [6.07, 6.45) is 0. The highest BCUT2D eigenvalue weighted by Gasteiger charge is 2.09. The summed E-state index contributed by atoms with van der Waals surface area (Å²) < 4.78 is 2.12. The molecule has 0 atom stereocenters. The predicted octanol–water partition coefficient (Wildman–Crippen LogP) is 3.27. The van der Waals surface area contributed by atoms with Crippen molar-refractivity contribution in [3.05, 3.63) is 52.8 Å². The molecule has 16 heavy (non-hydrogen) atoms. The Morgan fingerprint density at radius 1 is 1.12 bits per heavy atom. The molecule has 1 heterocycles. The summed E-state index contributed by atoms with van der Waals surface area (Å²) in [6, 6.07) is 12.4. The van der Waals surface area contributed by atoms with Gasteiger partial charge in [-0.05, 0) is 44.5 Å². The molecule has 2 heteroatoms. The monoisotopic (exact) mass is 210 g/mol. The Balaban J connectivity index is 2.65. The highest BCUT2D eigenvalue weighted by Crippen LogP contribution is 2.20. The zero-order valence-electron chi connectivity index (χ0n) is 9.78. The van der Waals surface area contributed by atoms with Crippen molar-refractivity contribution in [2.24, 2.45) is 0 Å². The summed E-state index contributed by atoms with van der Waals surface area (Å²) in [5.74, 6) is 0. The van der Waals surface area contributed by atoms with E-state index >= 15 is 0 Å². The molecule has 0 saturated carbocycles. The Hall–Kier alpha value is -2.01. The van der Waals surface area contributed by atoms with E-state index < -0.39 is 0 Å². The van der Waals surface area contributed by atoms with E-state index in [1.165, 1.54) is 5.56 Å². The van der Waals surface area contributed by atoms with Gasteiger partial charge in [0, 0.05) is 17.1 Å². The van der Waals surface area contributed by atoms with E-state index in [9.17, 15) is 0 Å². The van der Waals surface area contributed by atoms with Crippen molar-refractivity contribution >= 4 is 0 Å². The molecule has 80 valence electrons. The molecule has 0 bridgehead atoms. The largest absolute Gasteiger partial charge is 0.317 e. The average Bonchev–Trinajstić information content (AvgIpc) is 2.53. The normalized spacial score (nSPS) is 10.1. The number of hydrogen-bond acceptors (Lipinski definition) is 1. The van der Waals surface area contributed by atoms with Crippen molar-refractivity contribution in [3.63, 3.8) is 0 Å². The molecule has 0 N–H and O–H groups in total. The van der Waals surface area contributed by atoms with E-state index in [1.54, 1.807) is 0 Å². The molecule has 2 nitrogen and oxygen atoms in total. The van der Waals surface area contributed by atoms with Crippen molar-refractivity contribution in [1.82, 2.24) is 4.57 Å². The molecular weight excluding hydrogens is 196 g/mol. The van der Waals surface area contributed by atoms with Crippen LogP contribution in [0.3, 0.4) is 0 Å². The molecule has 2 aromatic rings. The zero-order chi connectivity index (χ0) is 11.7. The minimum Gasteiger partial charge on any atom is -0.317 e. The lowest BCUT2D eigenvalue weighted by atomic mass is 10.2. The first-order valence-electron chi connectivity index (χ1n) is 5.29. The quantitative estimate of drug-likeness (QED) is 0.710. The number of aromatic nitrogens is 1. The fourth-order valence-electron chi connectivity index (χ4n) is 2.04. The molecule has 2 rings (SSSR count). The molecule has 0 aliphatic carbocycles. The lowest BCUT2D eigenvalue weighted by Crippen LogP contribution is -1.99. The molecule has 0 radical (unpaired) electrons. The second-order valence-electron chi connectivity index (χ2n) is 4.07. The first-order valence-corrected chi connectivity index (χ1v) is 5.29. The number of benzene rings is 1. The first kappa shape index (κ1) is 10.5. The Kier molecular flexibility index (Phi) is 2.54. The maximum atomic E-state index is 8.99. The SMILES string of the molecule is Cc1cccc(-n2c(C)cc(C#N)c2C)c1. The minimum atomic E-state index is 0.749. The fourth-order valence-corrected chi connectivity index (χ4v) is 2.04. The minimum absolute atomic E-state index is 0.749. The van der Waals surface area contributed by atoms with Crippen LogP contribution in [0.15, 0.2) is 30.3 Å².